The second-order valence-electron chi connectivity index (χ2n) is 8.33. The minimum atomic E-state index is -3.83. The van der Waals surface area contributed by atoms with E-state index in [1.54, 1.807) is 0 Å². The van der Waals surface area contributed by atoms with Crippen LogP contribution in [0.2, 0.25) is 5.02 Å². The molecule has 2 aliphatic rings. The molecule has 1 atom stereocenters. The molecule has 0 radical (unpaired) electrons. The summed E-state index contributed by atoms with van der Waals surface area (Å²) in [6.07, 6.45) is 2.38. The molecule has 190 valence electrons. The molecule has 1 N–H and O–H groups in total. The average Bonchev–Trinajstić information content (AvgIpc) is 2.83. The van der Waals surface area contributed by atoms with E-state index in [2.05, 4.69) is 5.32 Å². The zero-order valence-electron chi connectivity index (χ0n) is 19.2. The van der Waals surface area contributed by atoms with E-state index in [0.29, 0.717) is 18.1 Å². The first-order valence-electron chi connectivity index (χ1n) is 10.9. The van der Waals surface area contributed by atoms with Crippen LogP contribution in [-0.2, 0) is 24.8 Å². The summed E-state index contributed by atoms with van der Waals surface area (Å²) in [6, 6.07) is 8.79. The lowest BCUT2D eigenvalue weighted by molar-refractivity contribution is -0.122. The highest BCUT2D eigenvalue weighted by Gasteiger charge is 2.36. The number of hydrogen-bond acceptors (Lipinski definition) is 7. The largest absolute Gasteiger partial charge is 0.495 e. The van der Waals surface area contributed by atoms with Gasteiger partial charge in [-0.15, -0.1) is 0 Å². The topological polar surface area (TPSA) is 122 Å². The summed E-state index contributed by atoms with van der Waals surface area (Å²) in [6.45, 7) is 0.568. The lowest BCUT2D eigenvalue weighted by atomic mass is 10.2. The van der Waals surface area contributed by atoms with Crippen molar-refractivity contribution in [3.05, 3.63) is 41.4 Å². The van der Waals surface area contributed by atoms with Crippen LogP contribution in [0.5, 0.6) is 11.5 Å². The predicted molar refractivity (Wildman–Crippen MR) is 132 cm³/mol. The zero-order valence-corrected chi connectivity index (χ0v) is 21.6. The third-order valence-electron chi connectivity index (χ3n) is 5.85. The van der Waals surface area contributed by atoms with Crippen LogP contribution < -0.4 is 19.1 Å². The number of hydrogen-bond donors (Lipinski definition) is 1. The van der Waals surface area contributed by atoms with E-state index in [1.165, 1.54) is 47.8 Å². The highest BCUT2D eigenvalue weighted by atomic mass is 35.5. The molecule has 0 spiro atoms. The molecule has 1 fully saturated rings. The van der Waals surface area contributed by atoms with E-state index in [-0.39, 0.29) is 34.3 Å². The second-order valence-corrected chi connectivity index (χ2v) is 12.6. The molecule has 35 heavy (non-hydrogen) atoms. The molecule has 1 saturated heterocycles. The summed E-state index contributed by atoms with van der Waals surface area (Å²) in [4.78, 5) is 13.0. The first-order chi connectivity index (χ1) is 16.5. The predicted octanol–water partition coefficient (Wildman–Crippen LogP) is 2.69. The Labute approximate surface area is 209 Å². The first-order valence-corrected chi connectivity index (χ1v) is 14.6. The monoisotopic (exact) mass is 543 g/mol. The van der Waals surface area contributed by atoms with E-state index in [9.17, 15) is 21.6 Å². The van der Waals surface area contributed by atoms with Crippen LogP contribution >= 0.6 is 11.6 Å². The van der Waals surface area contributed by atoms with Crippen LogP contribution in [0.3, 0.4) is 0 Å². The summed E-state index contributed by atoms with van der Waals surface area (Å²) in [5, 5.41) is 2.97. The minimum absolute atomic E-state index is 0.0537. The summed E-state index contributed by atoms with van der Waals surface area (Å²) in [5.74, 6) is -0.281. The normalized spacial score (nSPS) is 18.9. The Morgan fingerprint density at radius 2 is 1.80 bits per heavy atom. The van der Waals surface area contributed by atoms with Crippen LogP contribution in [0, 0.1) is 0 Å². The van der Waals surface area contributed by atoms with Gasteiger partial charge >= 0.3 is 0 Å². The van der Waals surface area contributed by atoms with Crippen LogP contribution in [0.15, 0.2) is 41.3 Å². The number of carbonyl (C=O) groups is 1. The van der Waals surface area contributed by atoms with Gasteiger partial charge in [0.05, 0.1) is 25.6 Å². The van der Waals surface area contributed by atoms with Gasteiger partial charge < -0.3 is 14.8 Å². The van der Waals surface area contributed by atoms with Crippen molar-refractivity contribution in [2.45, 2.75) is 30.3 Å². The van der Waals surface area contributed by atoms with Gasteiger partial charge in [0.15, 0.2) is 6.10 Å². The number of rotatable bonds is 6. The Balaban J connectivity index is 1.60. The van der Waals surface area contributed by atoms with Gasteiger partial charge in [-0.2, -0.15) is 4.31 Å². The van der Waals surface area contributed by atoms with E-state index in [0.717, 1.165) is 29.8 Å². The number of carbonyl (C=O) groups excluding carboxylic acids is 1. The van der Waals surface area contributed by atoms with Crippen molar-refractivity contribution in [2.24, 2.45) is 0 Å². The number of benzene rings is 2. The van der Waals surface area contributed by atoms with Crippen molar-refractivity contribution in [2.75, 3.05) is 42.6 Å². The fraction of sp³-hybridized carbons (Fsp3) is 0.409. The number of sulfonamides is 2. The summed E-state index contributed by atoms with van der Waals surface area (Å²) < 4.78 is 64.7. The number of halogens is 1. The van der Waals surface area contributed by atoms with Gasteiger partial charge in [0.25, 0.3) is 5.91 Å². The molecule has 1 amide bonds. The molecule has 0 unspecified atom stereocenters. The molecule has 10 nitrogen and oxygen atoms in total. The van der Waals surface area contributed by atoms with E-state index in [4.69, 9.17) is 21.1 Å². The highest BCUT2D eigenvalue weighted by molar-refractivity contribution is 7.92. The van der Waals surface area contributed by atoms with Crippen molar-refractivity contribution < 1.29 is 31.1 Å². The Hall–Kier alpha value is -2.54. The van der Waals surface area contributed by atoms with Gasteiger partial charge in [-0.05, 0) is 49.2 Å². The molecule has 2 aromatic carbocycles. The SMILES string of the molecule is COc1ccc(NC(=O)[C@H]2CN(S(C)(=O)=O)c3cc(Cl)ccc3O2)cc1S(=O)(=O)N1CCCCC1. The van der Waals surface area contributed by atoms with Gasteiger partial charge in [-0.1, -0.05) is 18.0 Å². The Kier molecular flexibility index (Phi) is 7.18. The Bertz CT molecular complexity index is 1340. The number of amides is 1. The summed E-state index contributed by atoms with van der Waals surface area (Å²) in [7, 11) is -6.19. The zero-order chi connectivity index (χ0) is 25.4. The van der Waals surface area contributed by atoms with E-state index >= 15 is 0 Å². The number of piperidine rings is 1. The molecule has 13 heteroatoms. The summed E-state index contributed by atoms with van der Waals surface area (Å²) in [5.41, 5.74) is 0.450. The molecule has 2 heterocycles. The number of methoxy groups -OCH3 is 1. The number of nitrogens with zero attached hydrogens (tertiary/aromatic N) is 2. The quantitative estimate of drug-likeness (QED) is 0.594. The van der Waals surface area contributed by atoms with E-state index in [1.807, 2.05) is 0 Å². The fourth-order valence-electron chi connectivity index (χ4n) is 4.10. The maximum Gasteiger partial charge on any atom is 0.267 e. The second kappa shape index (κ2) is 9.84. The molecule has 4 rings (SSSR count). The van der Waals surface area contributed by atoms with Gasteiger partial charge in [0, 0.05) is 23.8 Å². The maximum atomic E-state index is 13.2. The Morgan fingerprint density at radius 1 is 1.09 bits per heavy atom. The van der Waals surface area contributed by atoms with Crippen LogP contribution in [0.4, 0.5) is 11.4 Å². The summed E-state index contributed by atoms with van der Waals surface area (Å²) >= 11 is 6.01. The van der Waals surface area contributed by atoms with Crippen molar-refractivity contribution in [3.63, 3.8) is 0 Å². The van der Waals surface area contributed by atoms with Crippen molar-refractivity contribution in [1.82, 2.24) is 4.31 Å². The number of ether oxygens (including phenoxy) is 2. The van der Waals surface area contributed by atoms with E-state index < -0.39 is 32.1 Å². The van der Waals surface area contributed by atoms with Crippen molar-refractivity contribution in [3.8, 4) is 11.5 Å². The van der Waals surface area contributed by atoms with Crippen LogP contribution in [-0.4, -0.2) is 66.2 Å². The minimum Gasteiger partial charge on any atom is -0.495 e. The average molecular weight is 544 g/mol. The van der Waals surface area contributed by atoms with Crippen LogP contribution in [0.25, 0.3) is 0 Å². The molecular formula is C22H26ClN3O7S2. The van der Waals surface area contributed by atoms with Crippen LogP contribution in [0.1, 0.15) is 19.3 Å². The van der Waals surface area contributed by atoms with Gasteiger partial charge in [0.2, 0.25) is 20.0 Å². The molecule has 0 aromatic heterocycles. The standard InChI is InChI=1S/C22H26ClN3O7S2/c1-32-19-9-7-16(13-21(19)35(30,31)25-10-4-3-5-11-25)24-22(27)20-14-26(34(2,28)29)17-12-15(23)6-8-18(17)33-20/h6-9,12-13,20H,3-5,10-11,14H2,1-2H3,(H,24,27)/t20-/m1/s1. The van der Waals surface area contributed by atoms with Gasteiger partial charge in [-0.25, -0.2) is 16.8 Å². The lowest BCUT2D eigenvalue weighted by Crippen LogP contribution is -2.48. The third-order valence-corrected chi connectivity index (χ3v) is 9.15. The van der Waals surface area contributed by atoms with Crippen molar-refractivity contribution >= 4 is 48.9 Å². The maximum absolute atomic E-state index is 13.2. The Morgan fingerprint density at radius 3 is 2.46 bits per heavy atom. The lowest BCUT2D eigenvalue weighted by Gasteiger charge is -2.34. The molecular weight excluding hydrogens is 518 g/mol. The number of nitrogens with one attached hydrogen (secondary N) is 1. The molecule has 2 aromatic rings. The number of fused-ring (bicyclic) bond motifs is 1. The van der Waals surface area contributed by atoms with Gasteiger partial charge in [0.1, 0.15) is 16.4 Å². The number of anilines is 2. The third kappa shape index (κ3) is 5.35. The molecule has 0 bridgehead atoms. The highest BCUT2D eigenvalue weighted by Crippen LogP contribution is 2.37. The fourth-order valence-corrected chi connectivity index (χ4v) is 6.87. The molecule has 2 aliphatic heterocycles. The smallest absolute Gasteiger partial charge is 0.267 e. The molecule has 0 saturated carbocycles. The first kappa shape index (κ1) is 25.5. The van der Waals surface area contributed by atoms with Crippen molar-refractivity contribution in [1.29, 1.82) is 0 Å². The molecule has 0 aliphatic carbocycles. The van der Waals surface area contributed by atoms with Gasteiger partial charge in [-0.3, -0.25) is 9.10 Å².